The Hall–Kier alpha value is -3.07. The Kier molecular flexibility index (Phi) is 6.15. The highest BCUT2D eigenvalue weighted by molar-refractivity contribution is 6.30. The Morgan fingerprint density at radius 2 is 1.86 bits per heavy atom. The lowest BCUT2D eigenvalue weighted by Gasteiger charge is -2.17. The normalized spacial score (nSPS) is 10.9. The predicted molar refractivity (Wildman–Crippen MR) is 97.8 cm³/mol. The van der Waals surface area contributed by atoms with Crippen LogP contribution in [0.1, 0.15) is 5.56 Å². The molecule has 0 bridgehead atoms. The molecule has 3 aromatic rings. The van der Waals surface area contributed by atoms with E-state index in [1.165, 1.54) is 21.8 Å². The van der Waals surface area contributed by atoms with Gasteiger partial charge in [0, 0.05) is 24.2 Å². The molecule has 0 saturated carbocycles. The van der Waals surface area contributed by atoms with E-state index in [9.17, 15) is 13.6 Å². The molecule has 146 valence electrons. The maximum absolute atomic E-state index is 12.4. The quantitative estimate of drug-likeness (QED) is 0.601. The van der Waals surface area contributed by atoms with E-state index < -0.39 is 6.61 Å². The van der Waals surface area contributed by atoms with Crippen molar-refractivity contribution in [2.75, 3.05) is 7.05 Å². The summed E-state index contributed by atoms with van der Waals surface area (Å²) in [7, 11) is 1.63. The van der Waals surface area contributed by atoms with Crippen LogP contribution < -0.4 is 4.74 Å². The van der Waals surface area contributed by atoms with Crippen molar-refractivity contribution in [1.82, 2.24) is 25.1 Å². The van der Waals surface area contributed by atoms with Crippen LogP contribution in [-0.2, 0) is 17.9 Å². The average molecular weight is 408 g/mol. The summed E-state index contributed by atoms with van der Waals surface area (Å²) in [4.78, 5) is 15.1. The smallest absolute Gasteiger partial charge is 0.387 e. The van der Waals surface area contributed by atoms with Gasteiger partial charge in [-0.05, 0) is 47.2 Å². The van der Waals surface area contributed by atoms with Gasteiger partial charge in [-0.3, -0.25) is 4.79 Å². The number of rotatable bonds is 7. The van der Waals surface area contributed by atoms with Crippen molar-refractivity contribution < 1.29 is 18.3 Å². The molecule has 0 atom stereocenters. The van der Waals surface area contributed by atoms with Gasteiger partial charge in [0.2, 0.25) is 11.7 Å². The number of benzene rings is 2. The molecule has 0 fully saturated rings. The van der Waals surface area contributed by atoms with Gasteiger partial charge in [-0.15, -0.1) is 10.2 Å². The van der Waals surface area contributed by atoms with Crippen LogP contribution in [0.25, 0.3) is 11.4 Å². The third-order valence-corrected chi connectivity index (χ3v) is 4.08. The number of halogens is 3. The lowest BCUT2D eigenvalue weighted by molar-refractivity contribution is -0.131. The van der Waals surface area contributed by atoms with Crippen molar-refractivity contribution in [2.24, 2.45) is 0 Å². The summed E-state index contributed by atoms with van der Waals surface area (Å²) < 4.78 is 28.6. The Balaban J connectivity index is 1.57. The molecule has 0 saturated heterocycles. The minimum absolute atomic E-state index is 0.0641. The third kappa shape index (κ3) is 5.23. The van der Waals surface area contributed by atoms with Gasteiger partial charge in [0.1, 0.15) is 12.3 Å². The zero-order chi connectivity index (χ0) is 20.1. The lowest BCUT2D eigenvalue weighted by Crippen LogP contribution is -2.30. The molecule has 0 aliphatic carbocycles. The molecular weight excluding hydrogens is 392 g/mol. The van der Waals surface area contributed by atoms with E-state index in [4.69, 9.17) is 11.6 Å². The second kappa shape index (κ2) is 8.75. The van der Waals surface area contributed by atoms with E-state index in [2.05, 4.69) is 20.1 Å². The summed E-state index contributed by atoms with van der Waals surface area (Å²) in [5.41, 5.74) is 1.51. The topological polar surface area (TPSA) is 73.1 Å². The molecule has 0 aliphatic heterocycles. The molecule has 0 radical (unpaired) electrons. The number of aromatic nitrogens is 4. The summed E-state index contributed by atoms with van der Waals surface area (Å²) in [5.74, 6) is 0.226. The molecule has 0 unspecified atom stereocenters. The van der Waals surface area contributed by atoms with Gasteiger partial charge >= 0.3 is 6.61 Å². The molecule has 28 heavy (non-hydrogen) atoms. The van der Waals surface area contributed by atoms with E-state index in [0.717, 1.165) is 11.1 Å². The number of carbonyl (C=O) groups is 1. The predicted octanol–water partition coefficient (Wildman–Crippen LogP) is 3.25. The highest BCUT2D eigenvalue weighted by Crippen LogP contribution is 2.17. The van der Waals surface area contributed by atoms with Gasteiger partial charge in [-0.2, -0.15) is 13.6 Å². The van der Waals surface area contributed by atoms with Gasteiger partial charge in [0.25, 0.3) is 0 Å². The number of hydrogen-bond donors (Lipinski definition) is 0. The standard InChI is InChI=1S/C18H16ClF2N5O2/c1-25(10-12-2-8-15(9-3-12)28-18(20)21)16(27)11-26-23-17(22-24-26)13-4-6-14(19)7-5-13/h2-9,18H,10-11H2,1H3. The number of carbonyl (C=O) groups excluding carboxylic acids is 1. The van der Waals surface area contributed by atoms with E-state index in [1.807, 2.05) is 0 Å². The van der Waals surface area contributed by atoms with Crippen LogP contribution in [-0.4, -0.2) is 44.7 Å². The molecule has 2 aromatic carbocycles. The van der Waals surface area contributed by atoms with Crippen LogP contribution in [0.5, 0.6) is 5.75 Å². The Morgan fingerprint density at radius 1 is 1.18 bits per heavy atom. The number of hydrogen-bond acceptors (Lipinski definition) is 5. The van der Waals surface area contributed by atoms with Crippen LogP contribution in [0.4, 0.5) is 8.78 Å². The average Bonchev–Trinajstić information content (AvgIpc) is 3.12. The van der Waals surface area contributed by atoms with Crippen LogP contribution >= 0.6 is 11.6 Å². The van der Waals surface area contributed by atoms with E-state index in [0.29, 0.717) is 17.4 Å². The molecule has 0 N–H and O–H groups in total. The van der Waals surface area contributed by atoms with Gasteiger partial charge in [0.05, 0.1) is 0 Å². The summed E-state index contributed by atoms with van der Waals surface area (Å²) in [6.45, 7) is -2.65. The van der Waals surface area contributed by atoms with Crippen LogP contribution in [0.3, 0.4) is 0 Å². The Labute approximate surface area is 164 Å². The molecule has 3 rings (SSSR count). The first-order chi connectivity index (χ1) is 13.4. The largest absolute Gasteiger partial charge is 0.435 e. The van der Waals surface area contributed by atoms with Gasteiger partial charge < -0.3 is 9.64 Å². The van der Waals surface area contributed by atoms with Crippen molar-refractivity contribution in [3.8, 4) is 17.1 Å². The first-order valence-electron chi connectivity index (χ1n) is 8.22. The van der Waals surface area contributed by atoms with Crippen molar-refractivity contribution >= 4 is 17.5 Å². The summed E-state index contributed by atoms with van der Waals surface area (Å²) in [6.07, 6.45) is 0. The fourth-order valence-electron chi connectivity index (χ4n) is 2.40. The molecule has 1 heterocycles. The summed E-state index contributed by atoms with van der Waals surface area (Å²) in [5, 5.41) is 12.6. The first-order valence-corrected chi connectivity index (χ1v) is 8.60. The summed E-state index contributed by atoms with van der Waals surface area (Å²) >= 11 is 5.85. The minimum Gasteiger partial charge on any atom is -0.435 e. The molecular formula is C18H16ClF2N5O2. The van der Waals surface area contributed by atoms with Crippen molar-refractivity contribution in [2.45, 2.75) is 19.7 Å². The molecule has 1 aromatic heterocycles. The number of likely N-dealkylation sites (N-methyl/N-ethyl adjacent to an activating group) is 1. The molecule has 7 nitrogen and oxygen atoms in total. The molecule has 10 heteroatoms. The van der Waals surface area contributed by atoms with Crippen LogP contribution in [0, 0.1) is 0 Å². The minimum atomic E-state index is -2.87. The zero-order valence-electron chi connectivity index (χ0n) is 14.8. The van der Waals surface area contributed by atoms with Crippen molar-refractivity contribution in [1.29, 1.82) is 0 Å². The second-order valence-electron chi connectivity index (χ2n) is 5.92. The molecule has 0 aliphatic rings. The summed E-state index contributed by atoms with van der Waals surface area (Å²) in [6, 6.07) is 13.1. The first kappa shape index (κ1) is 19.7. The van der Waals surface area contributed by atoms with Crippen molar-refractivity contribution in [3.05, 3.63) is 59.1 Å². The molecule has 0 spiro atoms. The number of tetrazole rings is 1. The fraction of sp³-hybridized carbons (Fsp3) is 0.222. The Morgan fingerprint density at radius 3 is 2.50 bits per heavy atom. The van der Waals surface area contributed by atoms with Crippen LogP contribution in [0.15, 0.2) is 48.5 Å². The highest BCUT2D eigenvalue weighted by Gasteiger charge is 2.14. The maximum Gasteiger partial charge on any atom is 0.387 e. The number of amides is 1. The number of nitrogens with zero attached hydrogens (tertiary/aromatic N) is 5. The highest BCUT2D eigenvalue weighted by atomic mass is 35.5. The fourth-order valence-corrected chi connectivity index (χ4v) is 2.53. The lowest BCUT2D eigenvalue weighted by atomic mass is 10.2. The maximum atomic E-state index is 12.4. The van der Waals surface area contributed by atoms with E-state index >= 15 is 0 Å². The zero-order valence-corrected chi connectivity index (χ0v) is 15.6. The second-order valence-corrected chi connectivity index (χ2v) is 6.36. The SMILES string of the molecule is CN(Cc1ccc(OC(F)F)cc1)C(=O)Cn1nnc(-c2ccc(Cl)cc2)n1. The Bertz CT molecular complexity index is 932. The van der Waals surface area contributed by atoms with Gasteiger partial charge in [-0.25, -0.2) is 0 Å². The molecule has 1 amide bonds. The number of ether oxygens (including phenoxy) is 1. The van der Waals surface area contributed by atoms with Crippen LogP contribution in [0.2, 0.25) is 5.02 Å². The van der Waals surface area contributed by atoms with Crippen molar-refractivity contribution in [3.63, 3.8) is 0 Å². The van der Waals surface area contributed by atoms with E-state index in [-0.39, 0.29) is 18.2 Å². The van der Waals surface area contributed by atoms with E-state index in [1.54, 1.807) is 43.4 Å². The monoisotopic (exact) mass is 407 g/mol. The van der Waals surface area contributed by atoms with Gasteiger partial charge in [0.15, 0.2) is 0 Å². The number of alkyl halides is 2. The van der Waals surface area contributed by atoms with Gasteiger partial charge in [-0.1, -0.05) is 23.7 Å². The third-order valence-electron chi connectivity index (χ3n) is 3.83.